The van der Waals surface area contributed by atoms with Gasteiger partial charge in [-0.25, -0.2) is 4.79 Å². The highest BCUT2D eigenvalue weighted by Crippen LogP contribution is 2.00. The van der Waals surface area contributed by atoms with Crippen LogP contribution in [0.5, 0.6) is 0 Å². The van der Waals surface area contributed by atoms with Gasteiger partial charge >= 0.3 is 5.97 Å². The third-order valence-corrected chi connectivity index (χ3v) is 2.26. The molecule has 0 aliphatic heterocycles. The number of ether oxygens (including phenoxy) is 1. The van der Waals surface area contributed by atoms with Crippen LogP contribution in [-0.2, 0) is 16.1 Å². The Hall–Kier alpha value is -1.88. The molecule has 1 heterocycles. The van der Waals surface area contributed by atoms with Gasteiger partial charge in [-0.05, 0) is 31.7 Å². The molecule has 0 bridgehead atoms. The van der Waals surface area contributed by atoms with Gasteiger partial charge in [-0.3, -0.25) is 9.88 Å². The van der Waals surface area contributed by atoms with Crippen molar-refractivity contribution in [3.8, 4) is 0 Å². The summed E-state index contributed by atoms with van der Waals surface area (Å²) in [5.74, 6) is -0.396. The minimum atomic E-state index is -0.396. The number of esters is 1. The highest BCUT2D eigenvalue weighted by molar-refractivity contribution is 5.82. The predicted octanol–water partition coefficient (Wildman–Crippen LogP) is 0.919. The first-order chi connectivity index (χ1) is 8.58. The van der Waals surface area contributed by atoms with Crippen LogP contribution in [0.15, 0.2) is 36.3 Å². The summed E-state index contributed by atoms with van der Waals surface area (Å²) in [6, 6.07) is 3.92. The maximum atomic E-state index is 11.2. The van der Waals surface area contributed by atoms with E-state index in [0.29, 0.717) is 18.8 Å². The smallest absolute Gasteiger partial charge is 0.332 e. The Morgan fingerprint density at radius 3 is 2.78 bits per heavy atom. The summed E-state index contributed by atoms with van der Waals surface area (Å²) in [5, 5.41) is 0. The molecule has 0 radical (unpaired) electrons. The zero-order chi connectivity index (χ0) is 13.4. The van der Waals surface area contributed by atoms with Gasteiger partial charge in [0.1, 0.15) is 6.61 Å². The van der Waals surface area contributed by atoms with Crippen molar-refractivity contribution >= 4 is 5.97 Å². The van der Waals surface area contributed by atoms with Gasteiger partial charge in [0.25, 0.3) is 0 Å². The molecule has 0 amide bonds. The molecule has 1 aromatic rings. The molecule has 5 nitrogen and oxygen atoms in total. The van der Waals surface area contributed by atoms with Crippen molar-refractivity contribution in [3.63, 3.8) is 0 Å². The van der Waals surface area contributed by atoms with Crippen LogP contribution in [0.4, 0.5) is 0 Å². The van der Waals surface area contributed by atoms with Crippen molar-refractivity contribution < 1.29 is 9.53 Å². The number of rotatable bonds is 6. The fraction of sp³-hybridized carbons (Fsp3) is 0.385. The molecule has 0 unspecified atom stereocenters. The average molecular weight is 249 g/mol. The Morgan fingerprint density at radius 1 is 1.50 bits per heavy atom. The van der Waals surface area contributed by atoms with E-state index in [1.165, 1.54) is 11.6 Å². The molecule has 0 aliphatic carbocycles. The van der Waals surface area contributed by atoms with Gasteiger partial charge in [-0.2, -0.15) is 0 Å². The summed E-state index contributed by atoms with van der Waals surface area (Å²) >= 11 is 0. The first-order valence-corrected chi connectivity index (χ1v) is 5.76. The van der Waals surface area contributed by atoms with Crippen LogP contribution in [0.3, 0.4) is 0 Å². The number of hydrogen-bond donors (Lipinski definition) is 1. The van der Waals surface area contributed by atoms with Gasteiger partial charge in [0.05, 0.1) is 0 Å². The number of carbonyl (C=O) groups excluding carboxylic acids is 1. The fourth-order valence-electron chi connectivity index (χ4n) is 1.41. The molecule has 1 rings (SSSR count). The second kappa shape index (κ2) is 7.45. The largest absolute Gasteiger partial charge is 0.461 e. The van der Waals surface area contributed by atoms with Crippen LogP contribution in [0.1, 0.15) is 12.5 Å². The molecule has 0 saturated heterocycles. The molecule has 2 N–H and O–H groups in total. The molecule has 0 aliphatic rings. The van der Waals surface area contributed by atoms with Crippen LogP contribution in [-0.4, -0.2) is 36.1 Å². The monoisotopic (exact) mass is 249 g/mol. The van der Waals surface area contributed by atoms with E-state index in [1.54, 1.807) is 19.3 Å². The van der Waals surface area contributed by atoms with E-state index in [-0.39, 0.29) is 0 Å². The van der Waals surface area contributed by atoms with E-state index in [9.17, 15) is 4.79 Å². The Bertz CT molecular complexity index is 400. The highest BCUT2D eigenvalue weighted by atomic mass is 16.5. The van der Waals surface area contributed by atoms with Crippen LogP contribution in [0.2, 0.25) is 0 Å². The standard InChI is InChI=1S/C13H19N3O2/c1-11(14)9-13(17)18-8-7-16(2)10-12-3-5-15-6-4-12/h3-6,9H,7-8,10,14H2,1-2H3. The Kier molecular flexibility index (Phi) is 5.87. The molecular weight excluding hydrogens is 230 g/mol. The number of likely N-dealkylation sites (N-methyl/N-ethyl adjacent to an activating group) is 1. The third kappa shape index (κ3) is 6.00. The van der Waals surface area contributed by atoms with Crippen LogP contribution < -0.4 is 5.73 Å². The zero-order valence-electron chi connectivity index (χ0n) is 10.8. The van der Waals surface area contributed by atoms with E-state index in [2.05, 4.69) is 9.88 Å². The molecule has 98 valence electrons. The number of carbonyl (C=O) groups is 1. The number of nitrogens with zero attached hydrogens (tertiary/aromatic N) is 2. The summed E-state index contributed by atoms with van der Waals surface area (Å²) in [7, 11) is 1.97. The lowest BCUT2D eigenvalue weighted by Crippen LogP contribution is -2.23. The SMILES string of the molecule is CC(N)=CC(=O)OCCN(C)Cc1ccncc1. The van der Waals surface area contributed by atoms with Gasteiger partial charge in [-0.1, -0.05) is 0 Å². The highest BCUT2D eigenvalue weighted by Gasteiger charge is 2.02. The topological polar surface area (TPSA) is 68.5 Å². The third-order valence-electron chi connectivity index (χ3n) is 2.26. The molecule has 0 fully saturated rings. The number of aromatic nitrogens is 1. The van der Waals surface area contributed by atoms with Crippen molar-refractivity contribution in [1.82, 2.24) is 9.88 Å². The van der Waals surface area contributed by atoms with Crippen LogP contribution >= 0.6 is 0 Å². The van der Waals surface area contributed by atoms with E-state index in [1.807, 2.05) is 19.2 Å². The second-order valence-corrected chi connectivity index (χ2v) is 4.15. The molecular formula is C13H19N3O2. The lowest BCUT2D eigenvalue weighted by Gasteiger charge is -2.16. The van der Waals surface area contributed by atoms with Crippen molar-refractivity contribution in [3.05, 3.63) is 41.9 Å². The van der Waals surface area contributed by atoms with Gasteiger partial charge < -0.3 is 10.5 Å². The summed E-state index contributed by atoms with van der Waals surface area (Å²) in [5.41, 5.74) is 7.00. The average Bonchev–Trinajstić information content (AvgIpc) is 2.29. The Balaban J connectivity index is 2.24. The summed E-state index contributed by atoms with van der Waals surface area (Å²) in [4.78, 5) is 17.2. The second-order valence-electron chi connectivity index (χ2n) is 4.15. The van der Waals surface area contributed by atoms with E-state index in [0.717, 1.165) is 6.54 Å². The molecule has 0 aromatic carbocycles. The predicted molar refractivity (Wildman–Crippen MR) is 69.5 cm³/mol. The molecule has 0 atom stereocenters. The van der Waals surface area contributed by atoms with Crippen LogP contribution in [0.25, 0.3) is 0 Å². The maximum absolute atomic E-state index is 11.2. The fourth-order valence-corrected chi connectivity index (χ4v) is 1.41. The van der Waals surface area contributed by atoms with E-state index < -0.39 is 5.97 Å². The first-order valence-electron chi connectivity index (χ1n) is 5.76. The van der Waals surface area contributed by atoms with E-state index >= 15 is 0 Å². The van der Waals surface area contributed by atoms with Crippen LogP contribution in [0, 0.1) is 0 Å². The van der Waals surface area contributed by atoms with Gasteiger partial charge in [0, 0.05) is 37.3 Å². The van der Waals surface area contributed by atoms with Crippen molar-refractivity contribution in [2.24, 2.45) is 5.73 Å². The number of allylic oxidation sites excluding steroid dienone is 1. The lowest BCUT2D eigenvalue weighted by atomic mass is 10.2. The quantitative estimate of drug-likeness (QED) is 0.599. The molecule has 5 heteroatoms. The molecule has 0 spiro atoms. The minimum absolute atomic E-state index is 0.351. The van der Waals surface area contributed by atoms with Gasteiger partial charge in [0.2, 0.25) is 0 Å². The number of pyridine rings is 1. The maximum Gasteiger partial charge on any atom is 0.332 e. The molecule has 0 saturated carbocycles. The number of hydrogen-bond acceptors (Lipinski definition) is 5. The normalized spacial score (nSPS) is 11.6. The van der Waals surface area contributed by atoms with Crippen molar-refractivity contribution in [1.29, 1.82) is 0 Å². The Morgan fingerprint density at radius 2 is 2.17 bits per heavy atom. The van der Waals surface area contributed by atoms with Crippen molar-refractivity contribution in [2.75, 3.05) is 20.2 Å². The number of nitrogens with two attached hydrogens (primary N) is 1. The first kappa shape index (κ1) is 14.2. The molecule has 18 heavy (non-hydrogen) atoms. The summed E-state index contributed by atoms with van der Waals surface area (Å²) in [6.07, 6.45) is 4.80. The lowest BCUT2D eigenvalue weighted by molar-refractivity contribution is -0.138. The van der Waals surface area contributed by atoms with E-state index in [4.69, 9.17) is 10.5 Å². The Labute approximate surface area is 107 Å². The zero-order valence-corrected chi connectivity index (χ0v) is 10.8. The summed E-state index contributed by atoms with van der Waals surface area (Å²) < 4.78 is 5.01. The minimum Gasteiger partial charge on any atom is -0.461 e. The summed E-state index contributed by atoms with van der Waals surface area (Å²) in [6.45, 7) is 3.47. The van der Waals surface area contributed by atoms with Gasteiger partial charge in [-0.15, -0.1) is 0 Å². The van der Waals surface area contributed by atoms with Gasteiger partial charge in [0.15, 0.2) is 0 Å². The van der Waals surface area contributed by atoms with Crippen molar-refractivity contribution in [2.45, 2.75) is 13.5 Å². The molecule has 1 aromatic heterocycles.